The summed E-state index contributed by atoms with van der Waals surface area (Å²) in [6.45, 7) is 8.24. The van der Waals surface area contributed by atoms with Crippen molar-refractivity contribution in [2.45, 2.75) is 6.42 Å². The molecule has 0 bridgehead atoms. The molecule has 0 aliphatic rings. The number of carbonyl (C=O) groups is 1. The van der Waals surface area contributed by atoms with E-state index in [9.17, 15) is 4.79 Å². The van der Waals surface area contributed by atoms with E-state index in [0.717, 1.165) is 6.42 Å². The zero-order valence-electron chi connectivity index (χ0n) is 11.9. The van der Waals surface area contributed by atoms with E-state index in [1.165, 1.54) is 7.11 Å². The van der Waals surface area contributed by atoms with Gasteiger partial charge in [0, 0.05) is 24.6 Å². The fourth-order valence-electron chi connectivity index (χ4n) is 1.53. The monoisotopic (exact) mass is 353 g/mol. The molecule has 0 N–H and O–H groups in total. The first-order chi connectivity index (χ1) is 10.1. The SMILES string of the molecule is [C-]#[N+]C(C(=O)OC)=C(Br)c1cccc(OCCCOC)c1. The first-order valence-corrected chi connectivity index (χ1v) is 7.01. The van der Waals surface area contributed by atoms with Crippen LogP contribution in [-0.2, 0) is 14.3 Å². The van der Waals surface area contributed by atoms with E-state index in [2.05, 4.69) is 25.5 Å². The van der Waals surface area contributed by atoms with Gasteiger partial charge in [0.2, 0.25) is 0 Å². The minimum absolute atomic E-state index is 0.103. The van der Waals surface area contributed by atoms with E-state index in [1.54, 1.807) is 25.3 Å². The minimum atomic E-state index is -0.678. The van der Waals surface area contributed by atoms with E-state index in [0.29, 0.717) is 29.0 Å². The summed E-state index contributed by atoms with van der Waals surface area (Å²) >= 11 is 3.27. The van der Waals surface area contributed by atoms with Gasteiger partial charge in [-0.3, -0.25) is 4.79 Å². The Bertz CT molecular complexity index is 563. The maximum Gasteiger partial charge on any atom is 0.337 e. The highest BCUT2D eigenvalue weighted by molar-refractivity contribution is 9.15. The molecule has 21 heavy (non-hydrogen) atoms. The van der Waals surface area contributed by atoms with Gasteiger partial charge in [0.15, 0.2) is 0 Å². The van der Waals surface area contributed by atoms with Crippen molar-refractivity contribution < 1.29 is 19.0 Å². The van der Waals surface area contributed by atoms with E-state index in [-0.39, 0.29) is 5.70 Å². The van der Waals surface area contributed by atoms with Gasteiger partial charge < -0.3 is 14.2 Å². The zero-order chi connectivity index (χ0) is 15.7. The molecule has 0 saturated carbocycles. The van der Waals surface area contributed by atoms with Crippen LogP contribution in [0, 0.1) is 6.57 Å². The van der Waals surface area contributed by atoms with Crippen LogP contribution in [0.1, 0.15) is 12.0 Å². The number of hydrogen-bond donors (Lipinski definition) is 0. The number of esters is 1. The predicted octanol–water partition coefficient (Wildman–Crippen LogP) is 3.26. The van der Waals surface area contributed by atoms with Crippen molar-refractivity contribution in [1.82, 2.24) is 0 Å². The highest BCUT2D eigenvalue weighted by Gasteiger charge is 2.16. The van der Waals surface area contributed by atoms with Crippen LogP contribution >= 0.6 is 15.9 Å². The van der Waals surface area contributed by atoms with Crippen molar-refractivity contribution >= 4 is 26.4 Å². The second kappa shape index (κ2) is 9.16. The van der Waals surface area contributed by atoms with Crippen molar-refractivity contribution in [1.29, 1.82) is 0 Å². The molecule has 6 heteroatoms. The van der Waals surface area contributed by atoms with E-state index in [1.807, 2.05) is 6.07 Å². The number of ether oxygens (including phenoxy) is 3. The van der Waals surface area contributed by atoms with Gasteiger partial charge in [0.05, 0.1) is 20.3 Å². The summed E-state index contributed by atoms with van der Waals surface area (Å²) in [6.07, 6.45) is 0.785. The zero-order valence-corrected chi connectivity index (χ0v) is 13.5. The van der Waals surface area contributed by atoms with Gasteiger partial charge in [0.1, 0.15) is 5.75 Å². The molecule has 0 atom stereocenters. The van der Waals surface area contributed by atoms with E-state index in [4.69, 9.17) is 16.0 Å². The molecular weight excluding hydrogens is 338 g/mol. The van der Waals surface area contributed by atoms with Gasteiger partial charge in [-0.1, -0.05) is 28.1 Å². The number of nitrogens with zero attached hydrogens (tertiary/aromatic N) is 1. The Balaban J connectivity index is 2.91. The molecule has 0 aliphatic heterocycles. The average molecular weight is 354 g/mol. The van der Waals surface area contributed by atoms with Crippen molar-refractivity contribution in [2.75, 3.05) is 27.4 Å². The highest BCUT2D eigenvalue weighted by atomic mass is 79.9. The fourth-order valence-corrected chi connectivity index (χ4v) is 2.03. The second-order valence-electron chi connectivity index (χ2n) is 3.99. The molecule has 0 aromatic heterocycles. The predicted molar refractivity (Wildman–Crippen MR) is 82.9 cm³/mol. The normalized spacial score (nSPS) is 11.3. The number of carbonyl (C=O) groups excluding carboxylic acids is 1. The molecule has 0 radical (unpaired) electrons. The third-order valence-corrected chi connectivity index (χ3v) is 3.38. The van der Waals surface area contributed by atoms with Crippen molar-refractivity contribution in [3.05, 3.63) is 46.9 Å². The van der Waals surface area contributed by atoms with E-state index < -0.39 is 5.97 Å². The summed E-state index contributed by atoms with van der Waals surface area (Å²) in [6, 6.07) is 7.14. The summed E-state index contributed by atoms with van der Waals surface area (Å²) in [5.41, 5.74) is 0.574. The molecule has 1 aromatic rings. The Hall–Kier alpha value is -1.84. The Morgan fingerprint density at radius 1 is 1.33 bits per heavy atom. The molecule has 1 aromatic carbocycles. The third-order valence-electron chi connectivity index (χ3n) is 2.55. The van der Waals surface area contributed by atoms with Crippen LogP contribution in [0.15, 0.2) is 30.0 Å². The molecule has 0 fully saturated rings. The minimum Gasteiger partial charge on any atom is -0.493 e. The number of benzene rings is 1. The average Bonchev–Trinajstić information content (AvgIpc) is 2.52. The Morgan fingerprint density at radius 2 is 2.10 bits per heavy atom. The van der Waals surface area contributed by atoms with Crippen molar-refractivity contribution in [3.63, 3.8) is 0 Å². The Morgan fingerprint density at radius 3 is 2.71 bits per heavy atom. The first kappa shape index (κ1) is 17.2. The Kier molecular flexibility index (Phi) is 7.51. The summed E-state index contributed by atoms with van der Waals surface area (Å²) in [5.74, 6) is -0.0157. The number of halogens is 1. The molecule has 0 amide bonds. The molecule has 0 saturated heterocycles. The van der Waals surface area contributed by atoms with Gasteiger partial charge >= 0.3 is 5.97 Å². The quantitative estimate of drug-likeness (QED) is 0.326. The van der Waals surface area contributed by atoms with Crippen molar-refractivity contribution in [3.8, 4) is 5.75 Å². The van der Waals surface area contributed by atoms with Crippen LogP contribution in [0.2, 0.25) is 0 Å². The van der Waals surface area contributed by atoms with Crippen LogP contribution in [0.4, 0.5) is 0 Å². The summed E-state index contributed by atoms with van der Waals surface area (Å²) in [4.78, 5) is 14.7. The van der Waals surface area contributed by atoms with Crippen LogP contribution in [-0.4, -0.2) is 33.4 Å². The molecule has 0 spiro atoms. The second-order valence-corrected chi connectivity index (χ2v) is 4.78. The van der Waals surface area contributed by atoms with Crippen LogP contribution in [0.3, 0.4) is 0 Å². The lowest BCUT2D eigenvalue weighted by Crippen LogP contribution is -2.03. The largest absolute Gasteiger partial charge is 0.493 e. The first-order valence-electron chi connectivity index (χ1n) is 6.21. The van der Waals surface area contributed by atoms with Gasteiger partial charge in [-0.15, -0.1) is 0 Å². The number of rotatable bonds is 7. The van der Waals surface area contributed by atoms with E-state index >= 15 is 0 Å². The molecule has 5 nitrogen and oxygen atoms in total. The van der Waals surface area contributed by atoms with Crippen molar-refractivity contribution in [2.24, 2.45) is 0 Å². The van der Waals surface area contributed by atoms with Gasteiger partial charge in [-0.25, -0.2) is 4.85 Å². The van der Waals surface area contributed by atoms with Crippen LogP contribution in [0.5, 0.6) is 5.75 Å². The standard InChI is InChI=1S/C15H16BrNO4/c1-17-14(15(18)20-3)13(16)11-6-4-7-12(10-11)21-9-5-8-19-2/h4,6-7,10H,5,8-9H2,2-3H3. The lowest BCUT2D eigenvalue weighted by Gasteiger charge is -2.08. The molecule has 0 heterocycles. The lowest BCUT2D eigenvalue weighted by atomic mass is 10.2. The van der Waals surface area contributed by atoms with Gasteiger partial charge in [0.25, 0.3) is 5.70 Å². The van der Waals surface area contributed by atoms with Crippen LogP contribution in [0.25, 0.3) is 9.33 Å². The molecule has 0 unspecified atom stereocenters. The van der Waals surface area contributed by atoms with Crippen LogP contribution < -0.4 is 4.74 Å². The fraction of sp³-hybridized carbons (Fsp3) is 0.333. The number of methoxy groups -OCH3 is 2. The molecule has 1 rings (SSSR count). The Labute approximate surface area is 132 Å². The van der Waals surface area contributed by atoms with Gasteiger partial charge in [-0.05, 0) is 17.7 Å². The molecular formula is C15H16BrNO4. The number of hydrogen-bond acceptors (Lipinski definition) is 4. The third kappa shape index (κ3) is 5.21. The molecule has 0 aliphatic carbocycles. The summed E-state index contributed by atoms with van der Waals surface area (Å²) in [7, 11) is 2.88. The summed E-state index contributed by atoms with van der Waals surface area (Å²) < 4.78 is 15.5. The summed E-state index contributed by atoms with van der Waals surface area (Å²) in [5, 5.41) is 0. The van der Waals surface area contributed by atoms with Gasteiger partial charge in [-0.2, -0.15) is 0 Å². The highest BCUT2D eigenvalue weighted by Crippen LogP contribution is 2.29. The topological polar surface area (TPSA) is 49.1 Å². The maximum atomic E-state index is 11.5. The lowest BCUT2D eigenvalue weighted by molar-refractivity contribution is -0.135. The molecule has 112 valence electrons. The maximum absolute atomic E-state index is 11.5. The smallest absolute Gasteiger partial charge is 0.337 e.